The molecule has 7 heteroatoms. The highest BCUT2D eigenvalue weighted by Crippen LogP contribution is 2.51. The van der Waals surface area contributed by atoms with Gasteiger partial charge in [-0.15, -0.1) is 0 Å². The van der Waals surface area contributed by atoms with Gasteiger partial charge in [-0.2, -0.15) is 0 Å². The first-order chi connectivity index (χ1) is 15.1. The Morgan fingerprint density at radius 1 is 1.03 bits per heavy atom. The third-order valence-corrected chi connectivity index (χ3v) is 6.68. The third kappa shape index (κ3) is 3.01. The molecule has 160 valence electrons. The standard InChI is InChI=1S/C24H22INO5/c1-26-23-16-10-21-20(30-12-31-21)8-14(16)13(6-4-5-7-25)22(23)15-9-18(28-2)19(29-3)11-17(15)24(26)27/h6,8-11H,4-5,7,12H2,1-3H3/b13-6+. The van der Waals surface area contributed by atoms with Crippen LogP contribution in [0.5, 0.6) is 23.0 Å². The van der Waals surface area contributed by atoms with E-state index in [1.165, 1.54) is 0 Å². The highest BCUT2D eigenvalue weighted by atomic mass is 127. The first-order valence-electron chi connectivity index (χ1n) is 10.1. The number of halogens is 1. The molecule has 0 fully saturated rings. The van der Waals surface area contributed by atoms with Crippen LogP contribution in [0.1, 0.15) is 24.0 Å². The summed E-state index contributed by atoms with van der Waals surface area (Å²) in [6, 6.07) is 7.70. The maximum Gasteiger partial charge on any atom is 0.258 e. The van der Waals surface area contributed by atoms with Crippen LogP contribution in [0.2, 0.25) is 0 Å². The summed E-state index contributed by atoms with van der Waals surface area (Å²) in [4.78, 5) is 13.4. The third-order valence-electron chi connectivity index (χ3n) is 5.91. The van der Waals surface area contributed by atoms with E-state index in [1.54, 1.807) is 24.9 Å². The molecule has 3 aromatic rings. The average Bonchev–Trinajstić information content (AvgIpc) is 3.37. The molecule has 0 amide bonds. The fraction of sp³-hybridized carbons (Fsp3) is 0.292. The second-order valence-corrected chi connectivity index (χ2v) is 8.62. The topological polar surface area (TPSA) is 58.9 Å². The highest BCUT2D eigenvalue weighted by Gasteiger charge is 2.32. The SMILES string of the molecule is COc1cc2c3c(n(C)c(=O)c2cc1OC)-c1cc2c(cc1/C3=C\CCCI)OCO2. The van der Waals surface area contributed by atoms with E-state index in [0.29, 0.717) is 22.6 Å². The number of fused-ring (bicyclic) bond motifs is 6. The Morgan fingerprint density at radius 3 is 2.32 bits per heavy atom. The van der Waals surface area contributed by atoms with Crippen LogP contribution >= 0.6 is 22.6 Å². The van der Waals surface area contributed by atoms with Crippen LogP contribution in [0.4, 0.5) is 0 Å². The minimum Gasteiger partial charge on any atom is -0.493 e. The Morgan fingerprint density at radius 2 is 1.68 bits per heavy atom. The summed E-state index contributed by atoms with van der Waals surface area (Å²) < 4.78 is 25.1. The Kier molecular flexibility index (Phi) is 5.08. The molecule has 0 saturated heterocycles. The molecule has 1 aliphatic heterocycles. The number of nitrogens with zero attached hydrogens (tertiary/aromatic N) is 1. The van der Waals surface area contributed by atoms with Gasteiger partial charge in [0.05, 0.1) is 25.3 Å². The molecule has 0 atom stereocenters. The summed E-state index contributed by atoms with van der Waals surface area (Å²) in [5.41, 5.74) is 5.00. The minimum atomic E-state index is -0.0770. The number of rotatable bonds is 5. The molecule has 2 aromatic carbocycles. The van der Waals surface area contributed by atoms with Gasteiger partial charge in [0.25, 0.3) is 5.56 Å². The van der Waals surface area contributed by atoms with E-state index in [9.17, 15) is 4.79 Å². The van der Waals surface area contributed by atoms with E-state index in [4.69, 9.17) is 18.9 Å². The smallest absolute Gasteiger partial charge is 0.258 e. The summed E-state index contributed by atoms with van der Waals surface area (Å²) in [7, 11) is 5.00. The van der Waals surface area contributed by atoms with Gasteiger partial charge in [-0.05, 0) is 52.7 Å². The van der Waals surface area contributed by atoms with Crippen LogP contribution in [0.25, 0.3) is 27.6 Å². The van der Waals surface area contributed by atoms with Crippen molar-refractivity contribution >= 4 is 38.9 Å². The fourth-order valence-corrected chi connectivity index (χ4v) is 4.90. The molecule has 1 aliphatic carbocycles. The molecule has 5 rings (SSSR count). The predicted molar refractivity (Wildman–Crippen MR) is 129 cm³/mol. The number of hydrogen-bond acceptors (Lipinski definition) is 5. The summed E-state index contributed by atoms with van der Waals surface area (Å²) in [6.45, 7) is 0.215. The van der Waals surface area contributed by atoms with Crippen molar-refractivity contribution in [1.29, 1.82) is 0 Å². The second kappa shape index (κ2) is 7.78. The molecular formula is C24H22INO5. The number of unbranched alkanes of at least 4 members (excludes halogenated alkanes) is 1. The number of methoxy groups -OCH3 is 2. The first-order valence-corrected chi connectivity index (χ1v) is 11.6. The van der Waals surface area contributed by atoms with Gasteiger partial charge in [0.2, 0.25) is 6.79 Å². The Balaban J connectivity index is 1.89. The maximum atomic E-state index is 13.4. The molecule has 0 N–H and O–H groups in total. The molecule has 6 nitrogen and oxygen atoms in total. The van der Waals surface area contributed by atoms with Crippen LogP contribution in [-0.2, 0) is 7.05 Å². The minimum absolute atomic E-state index is 0.0770. The zero-order valence-electron chi connectivity index (χ0n) is 17.6. The number of hydrogen-bond donors (Lipinski definition) is 0. The van der Waals surface area contributed by atoms with Crippen molar-refractivity contribution in [3.05, 3.63) is 51.8 Å². The predicted octanol–water partition coefficient (Wildman–Crippen LogP) is 4.91. The fourth-order valence-electron chi connectivity index (χ4n) is 4.46. The van der Waals surface area contributed by atoms with Crippen LogP contribution in [0.3, 0.4) is 0 Å². The van der Waals surface area contributed by atoms with Crippen molar-refractivity contribution in [2.75, 3.05) is 25.4 Å². The molecule has 0 radical (unpaired) electrons. The summed E-state index contributed by atoms with van der Waals surface area (Å²) in [6.07, 6.45) is 4.30. The monoisotopic (exact) mass is 531 g/mol. The Hall–Kier alpha value is -2.68. The van der Waals surface area contributed by atoms with Crippen LogP contribution in [0, 0.1) is 0 Å². The van der Waals surface area contributed by atoms with Gasteiger partial charge in [0, 0.05) is 23.6 Å². The number of aromatic nitrogens is 1. The van der Waals surface area contributed by atoms with Gasteiger partial charge in [-0.25, -0.2) is 0 Å². The molecule has 0 saturated carbocycles. The van der Waals surface area contributed by atoms with Crippen LogP contribution in [0.15, 0.2) is 35.1 Å². The van der Waals surface area contributed by atoms with E-state index in [0.717, 1.165) is 56.4 Å². The molecule has 31 heavy (non-hydrogen) atoms. The van der Waals surface area contributed by atoms with Gasteiger partial charge in [-0.3, -0.25) is 4.79 Å². The molecule has 1 aromatic heterocycles. The zero-order valence-corrected chi connectivity index (χ0v) is 19.7. The number of alkyl halides is 1. The number of benzene rings is 2. The van der Waals surface area contributed by atoms with Crippen molar-refractivity contribution in [1.82, 2.24) is 4.57 Å². The zero-order chi connectivity index (χ0) is 21.7. The van der Waals surface area contributed by atoms with Crippen molar-refractivity contribution in [3.63, 3.8) is 0 Å². The van der Waals surface area contributed by atoms with Gasteiger partial charge < -0.3 is 23.5 Å². The Labute approximate surface area is 193 Å². The van der Waals surface area contributed by atoms with E-state index >= 15 is 0 Å². The van der Waals surface area contributed by atoms with Gasteiger partial charge in [-0.1, -0.05) is 28.7 Å². The normalized spacial score (nSPS) is 14.8. The lowest BCUT2D eigenvalue weighted by molar-refractivity contribution is 0.174. The van der Waals surface area contributed by atoms with Gasteiger partial charge in [0.1, 0.15) is 0 Å². The number of pyridine rings is 1. The first kappa shape index (κ1) is 20.2. The molecule has 0 spiro atoms. The van der Waals surface area contributed by atoms with Gasteiger partial charge in [0.15, 0.2) is 23.0 Å². The second-order valence-electron chi connectivity index (χ2n) is 7.54. The van der Waals surface area contributed by atoms with Gasteiger partial charge >= 0.3 is 0 Å². The lowest BCUT2D eigenvalue weighted by Crippen LogP contribution is -2.19. The van der Waals surface area contributed by atoms with Crippen LogP contribution in [-0.4, -0.2) is 30.0 Å². The molecule has 0 unspecified atom stereocenters. The quantitative estimate of drug-likeness (QED) is 0.208. The number of allylic oxidation sites excluding steroid dienone is 1. The van der Waals surface area contributed by atoms with Crippen molar-refractivity contribution in [2.24, 2.45) is 7.05 Å². The van der Waals surface area contributed by atoms with E-state index < -0.39 is 0 Å². The molecular weight excluding hydrogens is 509 g/mol. The summed E-state index contributed by atoms with van der Waals surface area (Å²) in [5, 5.41) is 1.46. The largest absolute Gasteiger partial charge is 0.493 e. The summed E-state index contributed by atoms with van der Waals surface area (Å²) in [5.74, 6) is 2.58. The Bertz CT molecular complexity index is 1310. The van der Waals surface area contributed by atoms with Crippen LogP contribution < -0.4 is 24.5 Å². The lowest BCUT2D eigenvalue weighted by atomic mass is 9.97. The van der Waals surface area contributed by atoms with Crippen molar-refractivity contribution in [2.45, 2.75) is 12.8 Å². The number of ether oxygens (including phenoxy) is 4. The molecule has 0 bridgehead atoms. The lowest BCUT2D eigenvalue weighted by Gasteiger charge is -2.15. The average molecular weight is 531 g/mol. The van der Waals surface area contributed by atoms with E-state index in [-0.39, 0.29) is 12.4 Å². The highest BCUT2D eigenvalue weighted by molar-refractivity contribution is 14.1. The summed E-state index contributed by atoms with van der Waals surface area (Å²) >= 11 is 2.40. The van der Waals surface area contributed by atoms with Crippen molar-refractivity contribution < 1.29 is 18.9 Å². The molecule has 2 aliphatic rings. The van der Waals surface area contributed by atoms with E-state index in [2.05, 4.69) is 28.7 Å². The van der Waals surface area contributed by atoms with Crippen molar-refractivity contribution in [3.8, 4) is 34.3 Å². The maximum absolute atomic E-state index is 13.4. The molecule has 2 heterocycles. The van der Waals surface area contributed by atoms with E-state index in [1.807, 2.05) is 25.2 Å².